The number of allylic oxidation sites excluding steroid dienone is 1. The molecule has 0 saturated heterocycles. The Balaban J connectivity index is 2.74. The van der Waals surface area contributed by atoms with Crippen molar-refractivity contribution in [1.29, 1.82) is 0 Å². The van der Waals surface area contributed by atoms with Gasteiger partial charge in [0, 0.05) is 29.4 Å². The Labute approximate surface area is 148 Å². The third kappa shape index (κ3) is 6.55. The summed E-state index contributed by atoms with van der Waals surface area (Å²) in [6.07, 6.45) is 0.876. The maximum absolute atomic E-state index is 11.9. The van der Waals surface area contributed by atoms with Crippen molar-refractivity contribution in [3.63, 3.8) is 0 Å². The average Bonchev–Trinajstić information content (AvgIpc) is 2.51. The quantitative estimate of drug-likeness (QED) is 0.353. The van der Waals surface area contributed by atoms with E-state index < -0.39 is 27.1 Å². The molecule has 11 nitrogen and oxygen atoms in total. The Morgan fingerprint density at radius 3 is 2.35 bits per heavy atom. The highest BCUT2D eigenvalue weighted by molar-refractivity contribution is 5.88. The van der Waals surface area contributed by atoms with Crippen molar-refractivity contribution in [1.82, 2.24) is 16.2 Å². The molecule has 2 amide bonds. The molecular weight excluding hydrogens is 346 g/mol. The molecule has 0 radical (unpaired) electrons. The normalized spacial score (nSPS) is 11.0. The van der Waals surface area contributed by atoms with Crippen LogP contribution in [0.1, 0.15) is 26.3 Å². The number of non-ortho nitro benzene ring substituents is 1. The second-order valence-electron chi connectivity index (χ2n) is 5.67. The summed E-state index contributed by atoms with van der Waals surface area (Å²) < 4.78 is 0. The maximum atomic E-state index is 11.9. The van der Waals surface area contributed by atoms with Crippen LogP contribution in [0, 0.1) is 20.2 Å². The van der Waals surface area contributed by atoms with Gasteiger partial charge in [0.05, 0.1) is 22.3 Å². The van der Waals surface area contributed by atoms with Crippen LogP contribution in [0.2, 0.25) is 0 Å². The molecule has 0 bridgehead atoms. The molecule has 3 N–H and O–H groups in total. The van der Waals surface area contributed by atoms with Crippen LogP contribution in [0.3, 0.4) is 0 Å². The number of nitrogens with zero attached hydrogens (tertiary/aromatic N) is 2. The Morgan fingerprint density at radius 2 is 1.81 bits per heavy atom. The van der Waals surface area contributed by atoms with Crippen molar-refractivity contribution in [3.8, 4) is 0 Å². The number of hydrogen-bond donors (Lipinski definition) is 3. The monoisotopic (exact) mass is 365 g/mol. The molecule has 1 rings (SSSR count). The van der Waals surface area contributed by atoms with Crippen molar-refractivity contribution < 1.29 is 19.4 Å². The van der Waals surface area contributed by atoms with Gasteiger partial charge in [0.2, 0.25) is 11.8 Å². The van der Waals surface area contributed by atoms with Gasteiger partial charge in [-0.3, -0.25) is 35.2 Å². The Hall–Kier alpha value is -3.50. The molecular formula is C15H19N5O6. The molecule has 0 aliphatic rings. The lowest BCUT2D eigenvalue weighted by Gasteiger charge is -2.10. The summed E-state index contributed by atoms with van der Waals surface area (Å²) in [5.74, 6) is -0.954. The van der Waals surface area contributed by atoms with Gasteiger partial charge in [-0.2, -0.15) is 0 Å². The van der Waals surface area contributed by atoms with Crippen LogP contribution >= 0.6 is 0 Å². The van der Waals surface area contributed by atoms with Gasteiger partial charge in [-0.05, 0) is 26.8 Å². The maximum Gasteiger partial charge on any atom is 0.279 e. The predicted molar refractivity (Wildman–Crippen MR) is 91.8 cm³/mol. The lowest BCUT2D eigenvalue weighted by atomic mass is 10.1. The van der Waals surface area contributed by atoms with E-state index in [0.717, 1.165) is 18.2 Å². The van der Waals surface area contributed by atoms with Gasteiger partial charge in [-0.25, -0.2) is 0 Å². The van der Waals surface area contributed by atoms with Gasteiger partial charge < -0.3 is 10.7 Å². The van der Waals surface area contributed by atoms with Crippen molar-refractivity contribution in [2.24, 2.45) is 0 Å². The number of hydrazine groups is 1. The molecule has 0 fully saturated rings. The van der Waals surface area contributed by atoms with Crippen molar-refractivity contribution in [2.45, 2.75) is 33.2 Å². The molecule has 26 heavy (non-hydrogen) atoms. The third-order valence-electron chi connectivity index (χ3n) is 3.01. The molecule has 0 aliphatic heterocycles. The van der Waals surface area contributed by atoms with E-state index in [1.807, 2.05) is 0 Å². The van der Waals surface area contributed by atoms with E-state index in [4.69, 9.17) is 0 Å². The Bertz CT molecular complexity index is 759. The minimum Gasteiger partial charge on any atom is -0.350 e. The zero-order valence-corrected chi connectivity index (χ0v) is 14.4. The largest absolute Gasteiger partial charge is 0.350 e. The molecule has 1 aromatic carbocycles. The average molecular weight is 365 g/mol. The number of benzene rings is 1. The van der Waals surface area contributed by atoms with Crippen molar-refractivity contribution in [2.75, 3.05) is 0 Å². The van der Waals surface area contributed by atoms with Crippen LogP contribution in [-0.4, -0.2) is 27.7 Å². The van der Waals surface area contributed by atoms with E-state index in [0.29, 0.717) is 5.70 Å². The van der Waals surface area contributed by atoms with E-state index in [-0.39, 0.29) is 23.9 Å². The fraction of sp³-hybridized carbons (Fsp3) is 0.333. The van der Waals surface area contributed by atoms with Crippen LogP contribution < -0.4 is 16.2 Å². The van der Waals surface area contributed by atoms with Gasteiger partial charge in [0.1, 0.15) is 0 Å². The first-order valence-corrected chi connectivity index (χ1v) is 7.55. The van der Waals surface area contributed by atoms with Gasteiger partial charge in [-0.15, -0.1) is 0 Å². The van der Waals surface area contributed by atoms with Crippen molar-refractivity contribution >= 4 is 23.2 Å². The summed E-state index contributed by atoms with van der Waals surface area (Å²) in [6.45, 7) is 5.15. The third-order valence-corrected chi connectivity index (χ3v) is 3.01. The van der Waals surface area contributed by atoms with Crippen LogP contribution in [0.5, 0.6) is 0 Å². The van der Waals surface area contributed by atoms with Gasteiger partial charge in [-0.1, -0.05) is 0 Å². The second kappa shape index (κ2) is 9.11. The number of nitro groups is 2. The van der Waals surface area contributed by atoms with Crippen LogP contribution in [0.4, 0.5) is 11.4 Å². The molecule has 0 heterocycles. The first-order valence-electron chi connectivity index (χ1n) is 7.55. The number of rotatable bonds is 8. The molecule has 0 aliphatic carbocycles. The second-order valence-corrected chi connectivity index (χ2v) is 5.67. The molecule has 0 spiro atoms. The summed E-state index contributed by atoms with van der Waals surface area (Å²) in [6, 6.07) is 3.01. The zero-order valence-electron chi connectivity index (χ0n) is 14.4. The Morgan fingerprint density at radius 1 is 1.15 bits per heavy atom. The molecule has 0 unspecified atom stereocenters. The molecule has 0 saturated carbocycles. The topological polar surface area (TPSA) is 157 Å². The van der Waals surface area contributed by atoms with E-state index in [1.54, 1.807) is 20.8 Å². The summed E-state index contributed by atoms with van der Waals surface area (Å²) >= 11 is 0. The lowest BCUT2D eigenvalue weighted by molar-refractivity contribution is -0.394. The Kier molecular flexibility index (Phi) is 7.20. The van der Waals surface area contributed by atoms with Crippen LogP contribution in [0.15, 0.2) is 30.0 Å². The minimum absolute atomic E-state index is 0.0269. The smallest absolute Gasteiger partial charge is 0.279 e. The fourth-order valence-electron chi connectivity index (χ4n) is 1.93. The summed E-state index contributed by atoms with van der Waals surface area (Å²) in [4.78, 5) is 43.6. The first-order chi connectivity index (χ1) is 12.1. The standard InChI is InChI=1S/C15H19N5O6/c1-9(2)16-14(21)6-10(3)17-18-15(22)7-11-4-5-12(19(23)24)8-13(11)20(25)26/h4-6,8-9,17H,7H2,1-3H3,(H,16,21)(H,18,22). The van der Waals surface area contributed by atoms with Gasteiger partial charge in [0.25, 0.3) is 11.4 Å². The van der Waals surface area contributed by atoms with Gasteiger partial charge in [0.15, 0.2) is 0 Å². The summed E-state index contributed by atoms with van der Waals surface area (Å²) in [5.41, 5.74) is 4.24. The highest BCUT2D eigenvalue weighted by Crippen LogP contribution is 2.24. The zero-order chi connectivity index (χ0) is 19.9. The van der Waals surface area contributed by atoms with E-state index in [2.05, 4.69) is 16.2 Å². The van der Waals surface area contributed by atoms with Crippen LogP contribution in [-0.2, 0) is 16.0 Å². The summed E-state index contributed by atoms with van der Waals surface area (Å²) in [5, 5.41) is 24.4. The predicted octanol–water partition coefficient (Wildman–Crippen LogP) is 1.09. The lowest BCUT2D eigenvalue weighted by Crippen LogP contribution is -2.38. The van der Waals surface area contributed by atoms with Crippen LogP contribution in [0.25, 0.3) is 0 Å². The SMILES string of the molecule is CC(=CC(=O)NC(C)C)NNC(=O)Cc1ccc([N+](=O)[O-])cc1[N+](=O)[O-]. The highest BCUT2D eigenvalue weighted by atomic mass is 16.6. The first kappa shape index (κ1) is 20.5. The molecule has 1 aromatic rings. The number of nitro benzene ring substituents is 2. The number of nitrogens with one attached hydrogen (secondary N) is 3. The molecule has 0 aromatic heterocycles. The van der Waals surface area contributed by atoms with E-state index in [9.17, 15) is 29.8 Å². The highest BCUT2D eigenvalue weighted by Gasteiger charge is 2.21. The summed E-state index contributed by atoms with van der Waals surface area (Å²) in [7, 11) is 0. The minimum atomic E-state index is -0.787. The number of carbonyl (C=O) groups excluding carboxylic acids is 2. The van der Waals surface area contributed by atoms with E-state index >= 15 is 0 Å². The number of amides is 2. The van der Waals surface area contributed by atoms with E-state index in [1.165, 1.54) is 6.08 Å². The molecule has 11 heteroatoms. The number of hydrogen-bond acceptors (Lipinski definition) is 7. The molecule has 0 atom stereocenters. The molecule has 140 valence electrons. The number of carbonyl (C=O) groups is 2. The van der Waals surface area contributed by atoms with Gasteiger partial charge >= 0.3 is 0 Å². The fourth-order valence-corrected chi connectivity index (χ4v) is 1.93. The van der Waals surface area contributed by atoms with Crippen molar-refractivity contribution in [3.05, 3.63) is 55.8 Å².